The van der Waals surface area contributed by atoms with Gasteiger partial charge in [0.2, 0.25) is 0 Å². The van der Waals surface area contributed by atoms with Crippen LogP contribution in [-0.4, -0.2) is 0 Å². The number of hydrogen-bond donors (Lipinski definition) is 0. The minimum absolute atomic E-state index is 0.205. The van der Waals surface area contributed by atoms with E-state index in [0.717, 1.165) is 5.56 Å². The molecule has 0 bridgehead atoms. The Hall–Kier alpha value is -0.560. The molecule has 1 rings (SSSR count). The first kappa shape index (κ1) is 8.54. The molecule has 0 aliphatic rings. The Morgan fingerprint density at radius 2 is 2.00 bits per heavy atom. The molecule has 0 heterocycles. The van der Waals surface area contributed by atoms with Crippen molar-refractivity contribution in [3.05, 3.63) is 34.6 Å². The maximum absolute atomic E-state index is 12.6. The molecule has 0 amide bonds. The molecule has 0 nitrogen and oxygen atoms in total. The zero-order chi connectivity index (χ0) is 8.43. The monoisotopic (exact) mass is 171 g/mol. The Morgan fingerprint density at radius 3 is 2.45 bits per heavy atom. The number of hydrogen-bond acceptors (Lipinski definition) is 0. The van der Waals surface area contributed by atoms with E-state index in [1.54, 1.807) is 12.1 Å². The highest BCUT2D eigenvalue weighted by atomic mass is 35.5. The van der Waals surface area contributed by atoms with Crippen LogP contribution in [0.15, 0.2) is 18.2 Å². The highest BCUT2D eigenvalue weighted by Gasteiger charge is 2.02. The lowest BCUT2D eigenvalue weighted by molar-refractivity contribution is 0.626. The van der Waals surface area contributed by atoms with Crippen LogP contribution >= 0.6 is 11.6 Å². The van der Waals surface area contributed by atoms with Gasteiger partial charge < -0.3 is 0 Å². The zero-order valence-corrected chi connectivity index (χ0v) is 7.32. The fraction of sp³-hybridized carbons (Fsp3) is 0.333. The van der Waals surface area contributed by atoms with E-state index in [9.17, 15) is 4.39 Å². The Bertz CT molecular complexity index is 256. The number of rotatable bonds is 1. The SMILES string of the molecule is CC(C)c1ccc([18F])c(Cl)c1. The van der Waals surface area contributed by atoms with Crippen LogP contribution in [-0.2, 0) is 0 Å². The van der Waals surface area contributed by atoms with Gasteiger partial charge in [-0.1, -0.05) is 31.5 Å². The van der Waals surface area contributed by atoms with Crippen molar-refractivity contribution in [2.75, 3.05) is 0 Å². The van der Waals surface area contributed by atoms with Gasteiger partial charge in [0.15, 0.2) is 0 Å². The second-order valence-corrected chi connectivity index (χ2v) is 3.24. The van der Waals surface area contributed by atoms with Gasteiger partial charge >= 0.3 is 0 Å². The molecule has 0 saturated heterocycles. The Balaban J connectivity index is 3.05. The van der Waals surface area contributed by atoms with Crippen molar-refractivity contribution in [3.8, 4) is 0 Å². The highest BCUT2D eigenvalue weighted by Crippen LogP contribution is 2.21. The van der Waals surface area contributed by atoms with Gasteiger partial charge in [0.1, 0.15) is 5.82 Å². The fourth-order valence-corrected chi connectivity index (χ4v) is 1.06. The molecular weight excluding hydrogens is 162 g/mol. The predicted octanol–water partition coefficient (Wildman–Crippen LogP) is 3.60. The van der Waals surface area contributed by atoms with Gasteiger partial charge in [-0.25, -0.2) is 4.39 Å². The van der Waals surface area contributed by atoms with Crippen molar-refractivity contribution in [2.45, 2.75) is 19.8 Å². The Morgan fingerprint density at radius 1 is 1.36 bits per heavy atom. The molecule has 0 aliphatic carbocycles. The quantitative estimate of drug-likeness (QED) is 0.606. The summed E-state index contributed by atoms with van der Waals surface area (Å²) in [6, 6.07) is 4.82. The molecule has 0 atom stereocenters. The maximum atomic E-state index is 12.6. The molecule has 0 unspecified atom stereocenters. The smallest absolute Gasteiger partial charge is 0.141 e. The van der Waals surface area contributed by atoms with Crippen LogP contribution in [0, 0.1) is 5.82 Å². The van der Waals surface area contributed by atoms with Gasteiger partial charge in [0, 0.05) is 0 Å². The summed E-state index contributed by atoms with van der Waals surface area (Å²) < 4.78 is 12.6. The van der Waals surface area contributed by atoms with Crippen LogP contribution in [0.2, 0.25) is 5.02 Å². The lowest BCUT2D eigenvalue weighted by Gasteiger charge is -2.04. The van der Waals surface area contributed by atoms with E-state index >= 15 is 0 Å². The van der Waals surface area contributed by atoms with Crippen LogP contribution in [0.3, 0.4) is 0 Å². The van der Waals surface area contributed by atoms with Gasteiger partial charge in [-0.05, 0) is 23.6 Å². The van der Waals surface area contributed by atoms with Crippen LogP contribution < -0.4 is 0 Å². The van der Waals surface area contributed by atoms with Crippen molar-refractivity contribution in [1.82, 2.24) is 0 Å². The molecule has 0 spiro atoms. The van der Waals surface area contributed by atoms with E-state index in [1.165, 1.54) is 6.07 Å². The van der Waals surface area contributed by atoms with E-state index in [1.807, 2.05) is 13.8 Å². The normalized spacial score (nSPS) is 10.6. The van der Waals surface area contributed by atoms with E-state index < -0.39 is 0 Å². The third-order valence-electron chi connectivity index (χ3n) is 1.61. The van der Waals surface area contributed by atoms with Crippen molar-refractivity contribution in [3.63, 3.8) is 0 Å². The first-order valence-corrected chi connectivity index (χ1v) is 3.94. The van der Waals surface area contributed by atoms with E-state index in [4.69, 9.17) is 11.6 Å². The lowest BCUT2D eigenvalue weighted by atomic mass is 10.0. The van der Waals surface area contributed by atoms with Gasteiger partial charge in [-0.2, -0.15) is 0 Å². The Kier molecular flexibility index (Phi) is 2.50. The molecule has 0 aliphatic heterocycles. The third kappa shape index (κ3) is 1.93. The average Bonchev–Trinajstić information content (AvgIpc) is 1.94. The molecule has 0 N–H and O–H groups in total. The summed E-state index contributed by atoms with van der Waals surface area (Å²) in [5, 5.41) is 0.205. The fourth-order valence-electron chi connectivity index (χ4n) is 0.871. The lowest BCUT2D eigenvalue weighted by Crippen LogP contribution is -1.87. The topological polar surface area (TPSA) is 0 Å². The second kappa shape index (κ2) is 3.22. The van der Waals surface area contributed by atoms with Gasteiger partial charge in [-0.15, -0.1) is 0 Å². The van der Waals surface area contributed by atoms with Crippen LogP contribution in [0.5, 0.6) is 0 Å². The largest absolute Gasteiger partial charge is 0.205 e. The molecule has 1 aromatic carbocycles. The molecule has 0 radical (unpaired) electrons. The molecular formula is C9H10ClF. The van der Waals surface area contributed by atoms with E-state index in [2.05, 4.69) is 0 Å². The third-order valence-corrected chi connectivity index (χ3v) is 1.90. The van der Waals surface area contributed by atoms with Gasteiger partial charge in [0.25, 0.3) is 0 Å². The van der Waals surface area contributed by atoms with Gasteiger partial charge in [0.05, 0.1) is 5.02 Å². The van der Waals surface area contributed by atoms with Crippen molar-refractivity contribution in [2.24, 2.45) is 0 Å². The summed E-state index contributed by atoms with van der Waals surface area (Å²) >= 11 is 5.58. The summed E-state index contributed by atoms with van der Waals surface area (Å²) in [5.74, 6) is 0.0455. The zero-order valence-electron chi connectivity index (χ0n) is 6.57. The minimum Gasteiger partial charge on any atom is -0.205 e. The number of benzene rings is 1. The van der Waals surface area contributed by atoms with Crippen molar-refractivity contribution in [1.29, 1.82) is 0 Å². The minimum atomic E-state index is -0.351. The molecule has 2 heteroatoms. The maximum Gasteiger partial charge on any atom is 0.141 e. The van der Waals surface area contributed by atoms with E-state index in [-0.39, 0.29) is 10.8 Å². The average molecular weight is 172 g/mol. The molecule has 60 valence electrons. The van der Waals surface area contributed by atoms with Crippen LogP contribution in [0.1, 0.15) is 25.3 Å². The summed E-state index contributed by atoms with van der Waals surface area (Å²) in [7, 11) is 0. The summed E-state index contributed by atoms with van der Waals surface area (Å²) in [6.07, 6.45) is 0. The van der Waals surface area contributed by atoms with Crippen LogP contribution in [0.25, 0.3) is 0 Å². The summed E-state index contributed by atoms with van der Waals surface area (Å²) in [5.41, 5.74) is 1.07. The molecule has 0 saturated carbocycles. The molecule has 0 fully saturated rings. The predicted molar refractivity (Wildman–Crippen MR) is 45.5 cm³/mol. The number of halogens is 2. The van der Waals surface area contributed by atoms with Crippen LogP contribution in [0.4, 0.5) is 4.39 Å². The standard InChI is InChI=1S/C9H10ClF/c1-6(2)7-3-4-9(11)8(10)5-7/h3-6H,1-2H3/i11-1. The molecule has 1 aromatic rings. The molecule has 11 heavy (non-hydrogen) atoms. The van der Waals surface area contributed by atoms with E-state index in [0.29, 0.717) is 5.92 Å². The highest BCUT2D eigenvalue weighted by molar-refractivity contribution is 6.30. The van der Waals surface area contributed by atoms with Crippen molar-refractivity contribution < 1.29 is 4.39 Å². The van der Waals surface area contributed by atoms with Crippen molar-refractivity contribution >= 4 is 11.6 Å². The second-order valence-electron chi connectivity index (χ2n) is 2.83. The first-order valence-electron chi connectivity index (χ1n) is 3.56. The molecule has 0 aromatic heterocycles. The summed E-state index contributed by atoms with van der Waals surface area (Å²) in [4.78, 5) is 0. The Labute approximate surface area is 71.0 Å². The summed E-state index contributed by atoms with van der Waals surface area (Å²) in [6.45, 7) is 4.09. The first-order chi connectivity index (χ1) is 5.11. The van der Waals surface area contributed by atoms with Gasteiger partial charge in [-0.3, -0.25) is 0 Å².